The molecule has 0 aromatic heterocycles. The molecule has 5 nitrogen and oxygen atoms in total. The highest BCUT2D eigenvalue weighted by molar-refractivity contribution is 5.78. The van der Waals surface area contributed by atoms with Gasteiger partial charge in [-0.25, -0.2) is 0 Å². The number of amides is 1. The lowest BCUT2D eigenvalue weighted by atomic mass is 10.0. The summed E-state index contributed by atoms with van der Waals surface area (Å²) in [5.41, 5.74) is 0. The average molecular weight is 256 g/mol. The first-order valence-electron chi connectivity index (χ1n) is 6.97. The molecule has 0 unspecified atom stereocenters. The van der Waals surface area contributed by atoms with Crippen LogP contribution in [0.3, 0.4) is 0 Å². The number of carbonyl (C=O) groups excluding carboxylic acids is 1. The van der Waals surface area contributed by atoms with E-state index in [0.717, 1.165) is 39.0 Å². The van der Waals surface area contributed by atoms with Crippen LogP contribution >= 0.6 is 0 Å². The number of likely N-dealkylation sites (N-methyl/N-ethyl adjacent to an activating group) is 1. The number of carbonyl (C=O) groups is 1. The van der Waals surface area contributed by atoms with Gasteiger partial charge in [-0.05, 0) is 13.1 Å². The zero-order valence-electron chi connectivity index (χ0n) is 11.5. The van der Waals surface area contributed by atoms with Crippen molar-refractivity contribution in [2.45, 2.75) is 32.5 Å². The molecule has 0 atom stereocenters. The molecule has 1 spiro atoms. The van der Waals surface area contributed by atoms with E-state index in [0.29, 0.717) is 19.8 Å². The van der Waals surface area contributed by atoms with Gasteiger partial charge in [0.1, 0.15) is 0 Å². The topological polar surface area (TPSA) is 42.0 Å². The monoisotopic (exact) mass is 256 g/mol. The first-order valence-corrected chi connectivity index (χ1v) is 6.97. The Morgan fingerprint density at radius 2 is 1.72 bits per heavy atom. The van der Waals surface area contributed by atoms with Crippen LogP contribution in [-0.4, -0.2) is 67.4 Å². The van der Waals surface area contributed by atoms with Crippen molar-refractivity contribution < 1.29 is 14.3 Å². The van der Waals surface area contributed by atoms with Gasteiger partial charge in [-0.15, -0.1) is 0 Å². The van der Waals surface area contributed by atoms with Crippen molar-refractivity contribution >= 4 is 5.91 Å². The first kappa shape index (κ1) is 13.8. The summed E-state index contributed by atoms with van der Waals surface area (Å²) in [5.74, 6) is -0.155. The Kier molecular flexibility index (Phi) is 4.59. The van der Waals surface area contributed by atoms with Gasteiger partial charge in [-0.2, -0.15) is 0 Å². The molecule has 1 amide bonds. The SMILES string of the molecule is CCN(CC)CC(=O)N1CCC2(CC1)OCCO2. The standard InChI is InChI=1S/C13H24N2O3/c1-3-14(4-2)11-12(16)15-7-5-13(6-8-15)17-9-10-18-13/h3-11H2,1-2H3. The Morgan fingerprint density at radius 1 is 1.17 bits per heavy atom. The molecule has 2 saturated heterocycles. The summed E-state index contributed by atoms with van der Waals surface area (Å²) in [6, 6.07) is 0. The lowest BCUT2D eigenvalue weighted by Crippen LogP contribution is -2.49. The second-order valence-electron chi connectivity index (χ2n) is 4.95. The third kappa shape index (κ3) is 3.02. The van der Waals surface area contributed by atoms with Crippen molar-refractivity contribution in [3.8, 4) is 0 Å². The Hall–Kier alpha value is -0.650. The quantitative estimate of drug-likeness (QED) is 0.742. The van der Waals surface area contributed by atoms with Crippen LogP contribution in [0.5, 0.6) is 0 Å². The zero-order chi connectivity index (χ0) is 13.0. The number of hydrogen-bond acceptors (Lipinski definition) is 4. The highest BCUT2D eigenvalue weighted by Gasteiger charge is 2.40. The lowest BCUT2D eigenvalue weighted by Gasteiger charge is -2.38. The second-order valence-corrected chi connectivity index (χ2v) is 4.95. The molecule has 0 bridgehead atoms. The molecule has 2 aliphatic heterocycles. The van der Waals surface area contributed by atoms with Gasteiger partial charge in [-0.1, -0.05) is 13.8 Å². The van der Waals surface area contributed by atoms with E-state index in [2.05, 4.69) is 18.7 Å². The van der Waals surface area contributed by atoms with Crippen LogP contribution in [0.15, 0.2) is 0 Å². The molecule has 0 radical (unpaired) electrons. The summed E-state index contributed by atoms with van der Waals surface area (Å²) in [7, 11) is 0. The van der Waals surface area contributed by atoms with Crippen LogP contribution in [0.2, 0.25) is 0 Å². The van der Waals surface area contributed by atoms with Crippen molar-refractivity contribution in [3.63, 3.8) is 0 Å². The minimum atomic E-state index is -0.383. The lowest BCUT2D eigenvalue weighted by molar-refractivity contribution is -0.187. The fourth-order valence-electron chi connectivity index (χ4n) is 2.62. The van der Waals surface area contributed by atoms with E-state index in [9.17, 15) is 4.79 Å². The van der Waals surface area contributed by atoms with E-state index in [-0.39, 0.29) is 11.7 Å². The number of piperidine rings is 1. The van der Waals surface area contributed by atoms with Gasteiger partial charge < -0.3 is 14.4 Å². The molecular weight excluding hydrogens is 232 g/mol. The van der Waals surface area contributed by atoms with E-state index in [1.165, 1.54) is 0 Å². The predicted octanol–water partition coefficient (Wildman–Crippen LogP) is 0.694. The number of rotatable bonds is 4. The highest BCUT2D eigenvalue weighted by Crippen LogP contribution is 2.31. The Bertz CT molecular complexity index is 276. The van der Waals surface area contributed by atoms with Crippen LogP contribution in [0.1, 0.15) is 26.7 Å². The van der Waals surface area contributed by atoms with Crippen molar-refractivity contribution in [1.29, 1.82) is 0 Å². The zero-order valence-corrected chi connectivity index (χ0v) is 11.5. The van der Waals surface area contributed by atoms with Gasteiger partial charge in [0.05, 0.1) is 19.8 Å². The predicted molar refractivity (Wildman–Crippen MR) is 68.2 cm³/mol. The number of nitrogens with zero attached hydrogens (tertiary/aromatic N) is 2. The van der Waals surface area contributed by atoms with E-state index in [1.54, 1.807) is 0 Å². The summed E-state index contributed by atoms with van der Waals surface area (Å²) < 4.78 is 11.3. The van der Waals surface area contributed by atoms with E-state index < -0.39 is 0 Å². The molecule has 0 saturated carbocycles. The maximum atomic E-state index is 12.1. The van der Waals surface area contributed by atoms with Crippen LogP contribution < -0.4 is 0 Å². The molecule has 2 aliphatic rings. The molecule has 2 rings (SSSR count). The van der Waals surface area contributed by atoms with Crippen molar-refractivity contribution in [1.82, 2.24) is 9.80 Å². The first-order chi connectivity index (χ1) is 8.69. The maximum absolute atomic E-state index is 12.1. The van der Waals surface area contributed by atoms with Crippen molar-refractivity contribution in [3.05, 3.63) is 0 Å². The van der Waals surface area contributed by atoms with Gasteiger partial charge >= 0.3 is 0 Å². The largest absolute Gasteiger partial charge is 0.347 e. The van der Waals surface area contributed by atoms with Crippen molar-refractivity contribution in [2.24, 2.45) is 0 Å². The molecule has 0 aliphatic carbocycles. The van der Waals surface area contributed by atoms with Gasteiger partial charge in [0.15, 0.2) is 5.79 Å². The van der Waals surface area contributed by atoms with Gasteiger partial charge in [-0.3, -0.25) is 9.69 Å². The third-order valence-electron chi connectivity index (χ3n) is 3.94. The van der Waals surface area contributed by atoms with Gasteiger partial charge in [0.25, 0.3) is 0 Å². The molecule has 0 N–H and O–H groups in total. The van der Waals surface area contributed by atoms with Crippen LogP contribution in [-0.2, 0) is 14.3 Å². The minimum Gasteiger partial charge on any atom is -0.347 e. The van der Waals surface area contributed by atoms with E-state index in [4.69, 9.17) is 9.47 Å². The summed E-state index contributed by atoms with van der Waals surface area (Å²) in [6.45, 7) is 9.42. The van der Waals surface area contributed by atoms with Gasteiger partial charge in [0, 0.05) is 25.9 Å². The Balaban J connectivity index is 1.80. The fourth-order valence-corrected chi connectivity index (χ4v) is 2.62. The molecule has 2 heterocycles. The Morgan fingerprint density at radius 3 is 2.22 bits per heavy atom. The molecule has 104 valence electrons. The molecule has 0 aromatic rings. The molecule has 18 heavy (non-hydrogen) atoms. The maximum Gasteiger partial charge on any atom is 0.236 e. The fraction of sp³-hybridized carbons (Fsp3) is 0.923. The highest BCUT2D eigenvalue weighted by atomic mass is 16.7. The molecule has 5 heteroatoms. The number of hydrogen-bond donors (Lipinski definition) is 0. The van der Waals surface area contributed by atoms with E-state index >= 15 is 0 Å². The van der Waals surface area contributed by atoms with Crippen LogP contribution in [0.25, 0.3) is 0 Å². The number of ether oxygens (including phenoxy) is 2. The minimum absolute atomic E-state index is 0.228. The third-order valence-corrected chi connectivity index (χ3v) is 3.94. The van der Waals surface area contributed by atoms with Gasteiger partial charge in [0.2, 0.25) is 5.91 Å². The molecule has 2 fully saturated rings. The molecular formula is C13H24N2O3. The Labute approximate surface area is 109 Å². The average Bonchev–Trinajstić information content (AvgIpc) is 2.85. The van der Waals surface area contributed by atoms with Crippen LogP contribution in [0.4, 0.5) is 0 Å². The van der Waals surface area contributed by atoms with Crippen molar-refractivity contribution in [2.75, 3.05) is 45.9 Å². The summed E-state index contributed by atoms with van der Waals surface area (Å²) >= 11 is 0. The summed E-state index contributed by atoms with van der Waals surface area (Å²) in [4.78, 5) is 16.2. The normalized spacial score (nSPS) is 22.9. The second kappa shape index (κ2) is 5.99. The number of likely N-dealkylation sites (tertiary alicyclic amines) is 1. The summed E-state index contributed by atoms with van der Waals surface area (Å²) in [5, 5.41) is 0. The smallest absolute Gasteiger partial charge is 0.236 e. The summed E-state index contributed by atoms with van der Waals surface area (Å²) in [6.07, 6.45) is 1.61. The van der Waals surface area contributed by atoms with E-state index in [1.807, 2.05) is 4.90 Å². The van der Waals surface area contributed by atoms with Crippen LogP contribution in [0, 0.1) is 0 Å². The molecule has 0 aromatic carbocycles.